The van der Waals surface area contributed by atoms with Gasteiger partial charge < -0.3 is 14.6 Å². The molecule has 0 saturated carbocycles. The van der Waals surface area contributed by atoms with E-state index < -0.39 is 11.9 Å². The minimum absolute atomic E-state index is 0.0744. The lowest BCUT2D eigenvalue weighted by Gasteiger charge is -2.07. The number of aliphatic imine (C=N–C) groups is 1. The van der Waals surface area contributed by atoms with Crippen LogP contribution in [-0.4, -0.2) is 28.6 Å². The molecule has 4 rings (SSSR count). The van der Waals surface area contributed by atoms with Gasteiger partial charge in [0.2, 0.25) is 0 Å². The van der Waals surface area contributed by atoms with Crippen LogP contribution in [0.5, 0.6) is 5.75 Å². The van der Waals surface area contributed by atoms with E-state index in [1.165, 1.54) is 12.1 Å². The normalized spacial score (nSPS) is 15.4. The zero-order valence-corrected chi connectivity index (χ0v) is 20.1. The Morgan fingerprint density at radius 3 is 2.36 bits per heavy atom. The number of rotatable bonds is 7. The molecule has 182 valence electrons. The number of esters is 1. The fourth-order valence-electron chi connectivity index (χ4n) is 3.29. The van der Waals surface area contributed by atoms with Crippen molar-refractivity contribution in [2.24, 2.45) is 4.99 Å². The number of thioether (sulfide) groups is 1. The first-order valence-electron chi connectivity index (χ1n) is 11.1. The van der Waals surface area contributed by atoms with Crippen molar-refractivity contribution in [3.8, 4) is 5.75 Å². The molecule has 0 aromatic heterocycles. The van der Waals surface area contributed by atoms with Crippen molar-refractivity contribution in [1.82, 2.24) is 0 Å². The lowest BCUT2D eigenvalue weighted by molar-refractivity contribution is -0.138. The van der Waals surface area contributed by atoms with E-state index in [0.29, 0.717) is 16.2 Å². The molecule has 3 aromatic rings. The Bertz CT molecular complexity index is 1350. The third-order valence-corrected chi connectivity index (χ3v) is 6.11. The monoisotopic (exact) mass is 503 g/mol. The van der Waals surface area contributed by atoms with Gasteiger partial charge in [0.1, 0.15) is 34.5 Å². The minimum atomic E-state index is -0.755. The van der Waals surface area contributed by atoms with Crippen LogP contribution >= 0.6 is 11.8 Å². The predicted octanol–water partition coefficient (Wildman–Crippen LogP) is 6.11. The van der Waals surface area contributed by atoms with Gasteiger partial charge in [0.15, 0.2) is 0 Å². The molecule has 0 bridgehead atoms. The fraction of sp³-hybridized carbons (Fsp3) is 0.107. The van der Waals surface area contributed by atoms with Gasteiger partial charge in [0, 0.05) is 5.56 Å². The molecule has 0 spiro atoms. The highest BCUT2D eigenvalue weighted by atomic mass is 32.2. The molecule has 0 radical (unpaired) electrons. The number of ether oxygens (including phenoxy) is 2. The maximum atomic E-state index is 13.0. The molecule has 1 aliphatic rings. The second kappa shape index (κ2) is 11.5. The molecule has 0 unspecified atom stereocenters. The van der Waals surface area contributed by atoms with Crippen LogP contribution in [0.3, 0.4) is 0 Å². The number of carbonyl (C=O) groups is 2. The van der Waals surface area contributed by atoms with E-state index in [9.17, 15) is 19.1 Å². The van der Waals surface area contributed by atoms with Crippen LogP contribution in [0.25, 0.3) is 6.08 Å². The lowest BCUT2D eigenvalue weighted by atomic mass is 10.1. The molecule has 1 N–H and O–H groups in total. The van der Waals surface area contributed by atoms with Crippen molar-refractivity contribution < 1.29 is 28.6 Å². The van der Waals surface area contributed by atoms with Gasteiger partial charge in [-0.25, -0.2) is 14.2 Å². The number of amides is 1. The number of halogens is 1. The van der Waals surface area contributed by atoms with Crippen LogP contribution in [-0.2, 0) is 16.1 Å². The Kier molecular flexibility index (Phi) is 7.97. The number of aliphatic hydroxyl groups excluding tert-OH is 1. The smallest absolute Gasteiger partial charge is 0.344 e. The Labute approximate surface area is 211 Å². The van der Waals surface area contributed by atoms with Gasteiger partial charge in [0.25, 0.3) is 5.91 Å². The summed E-state index contributed by atoms with van der Waals surface area (Å²) in [6.07, 6.45) is 1.68. The summed E-state index contributed by atoms with van der Waals surface area (Å²) in [5, 5.41) is 10.9. The average molecular weight is 504 g/mol. The number of nitrogens with zero attached hydrogens (tertiary/aromatic N) is 1. The predicted molar refractivity (Wildman–Crippen MR) is 137 cm³/mol. The SMILES string of the molecule is CCOC(=O)C1=C(O)/C(=C/c2ccc(OCc3ccc(F)cc3)cc2)SC1=NC(=O)c1ccccc1. The van der Waals surface area contributed by atoms with Gasteiger partial charge in [-0.05, 0) is 60.5 Å². The van der Waals surface area contributed by atoms with E-state index >= 15 is 0 Å². The molecule has 1 amide bonds. The van der Waals surface area contributed by atoms with Crippen LogP contribution in [0.2, 0.25) is 0 Å². The quantitative estimate of drug-likeness (QED) is 0.392. The highest BCUT2D eigenvalue weighted by Gasteiger charge is 2.33. The average Bonchev–Trinajstić information content (AvgIpc) is 3.19. The van der Waals surface area contributed by atoms with E-state index in [1.54, 1.807) is 79.7 Å². The second-order valence-electron chi connectivity index (χ2n) is 7.63. The van der Waals surface area contributed by atoms with Crippen LogP contribution in [0.1, 0.15) is 28.4 Å². The number of aliphatic hydroxyl groups is 1. The van der Waals surface area contributed by atoms with E-state index in [2.05, 4.69) is 4.99 Å². The standard InChI is InChI=1S/C28H22FNO5S/c1-2-34-28(33)24-25(31)23(36-27(24)30-26(32)20-6-4-3-5-7-20)16-18-10-14-22(15-11-18)35-17-19-8-12-21(29)13-9-19/h3-16,31H,2,17H2,1H3/b23-16-,30-27?. The first kappa shape index (κ1) is 24.9. The number of hydrogen-bond donors (Lipinski definition) is 1. The van der Waals surface area contributed by atoms with Crippen molar-refractivity contribution in [1.29, 1.82) is 0 Å². The van der Waals surface area contributed by atoms with Gasteiger partial charge in [-0.2, -0.15) is 0 Å². The van der Waals surface area contributed by atoms with Crippen molar-refractivity contribution in [2.75, 3.05) is 6.61 Å². The summed E-state index contributed by atoms with van der Waals surface area (Å²) in [5.74, 6) is -1.27. The summed E-state index contributed by atoms with van der Waals surface area (Å²) in [6, 6.07) is 21.6. The minimum Gasteiger partial charge on any atom is -0.506 e. The summed E-state index contributed by atoms with van der Waals surface area (Å²) in [7, 11) is 0. The molecule has 6 nitrogen and oxygen atoms in total. The molecular weight excluding hydrogens is 481 g/mol. The van der Waals surface area contributed by atoms with Crippen molar-refractivity contribution in [3.63, 3.8) is 0 Å². The van der Waals surface area contributed by atoms with Gasteiger partial charge >= 0.3 is 5.97 Å². The van der Waals surface area contributed by atoms with E-state index in [1.807, 2.05) is 0 Å². The lowest BCUT2D eigenvalue weighted by Crippen LogP contribution is -2.14. The summed E-state index contributed by atoms with van der Waals surface area (Å²) in [5.41, 5.74) is 1.79. The Hall–Kier alpha value is -4.17. The zero-order chi connectivity index (χ0) is 25.5. The van der Waals surface area contributed by atoms with Gasteiger partial charge in [-0.3, -0.25) is 4.79 Å². The molecule has 3 aromatic carbocycles. The number of hydrogen-bond acceptors (Lipinski definition) is 6. The highest BCUT2D eigenvalue weighted by molar-refractivity contribution is 8.18. The Balaban J connectivity index is 1.54. The third kappa shape index (κ3) is 6.09. The summed E-state index contributed by atoms with van der Waals surface area (Å²) in [4.78, 5) is 29.6. The van der Waals surface area contributed by atoms with Crippen LogP contribution in [0.4, 0.5) is 4.39 Å². The van der Waals surface area contributed by atoms with E-state index in [0.717, 1.165) is 22.9 Å². The first-order valence-corrected chi connectivity index (χ1v) is 11.9. The van der Waals surface area contributed by atoms with E-state index in [4.69, 9.17) is 9.47 Å². The molecule has 1 aliphatic heterocycles. The molecular formula is C28H22FNO5S. The number of carbonyl (C=O) groups excluding carboxylic acids is 2. The Morgan fingerprint density at radius 2 is 1.69 bits per heavy atom. The maximum absolute atomic E-state index is 13.0. The first-order chi connectivity index (χ1) is 17.4. The molecule has 8 heteroatoms. The third-order valence-electron chi connectivity index (χ3n) is 5.09. The van der Waals surface area contributed by atoms with Crippen LogP contribution in [0.15, 0.2) is 100 Å². The molecule has 0 atom stereocenters. The topological polar surface area (TPSA) is 85.2 Å². The molecule has 0 fully saturated rings. The number of benzene rings is 3. The van der Waals surface area contributed by atoms with Crippen LogP contribution < -0.4 is 4.74 Å². The molecule has 0 saturated heterocycles. The fourth-order valence-corrected chi connectivity index (χ4v) is 4.30. The van der Waals surface area contributed by atoms with Crippen molar-refractivity contribution in [3.05, 3.63) is 118 Å². The molecule has 0 aliphatic carbocycles. The zero-order valence-electron chi connectivity index (χ0n) is 19.3. The molecule has 1 heterocycles. The van der Waals surface area contributed by atoms with Crippen molar-refractivity contribution >= 4 is 34.8 Å². The van der Waals surface area contributed by atoms with Gasteiger partial charge in [-0.15, -0.1) is 0 Å². The summed E-state index contributed by atoms with van der Waals surface area (Å²) in [6.45, 7) is 2.05. The van der Waals surface area contributed by atoms with Gasteiger partial charge in [-0.1, -0.05) is 54.2 Å². The highest BCUT2D eigenvalue weighted by Crippen LogP contribution is 2.39. The van der Waals surface area contributed by atoms with Crippen molar-refractivity contribution in [2.45, 2.75) is 13.5 Å². The Morgan fingerprint density at radius 1 is 1.00 bits per heavy atom. The second-order valence-corrected chi connectivity index (χ2v) is 8.66. The van der Waals surface area contributed by atoms with E-state index in [-0.39, 0.29) is 35.4 Å². The van der Waals surface area contributed by atoms with Gasteiger partial charge in [0.05, 0.1) is 11.5 Å². The molecule has 36 heavy (non-hydrogen) atoms. The summed E-state index contributed by atoms with van der Waals surface area (Å²) < 4.78 is 23.8. The largest absolute Gasteiger partial charge is 0.506 e. The maximum Gasteiger partial charge on any atom is 0.344 e. The van der Waals surface area contributed by atoms with Crippen LogP contribution in [0, 0.1) is 5.82 Å². The summed E-state index contributed by atoms with van der Waals surface area (Å²) >= 11 is 1.02.